The number of nitrogens with one attached hydrogen (secondary N) is 2. The zero-order chi connectivity index (χ0) is 24.0. The second kappa shape index (κ2) is 10.8. The van der Waals surface area contributed by atoms with Crippen molar-refractivity contribution >= 4 is 21.8 Å². The zero-order valence-corrected chi connectivity index (χ0v) is 19.8. The lowest BCUT2D eigenvalue weighted by molar-refractivity contribution is 0.0951. The third kappa shape index (κ3) is 6.55. The summed E-state index contributed by atoms with van der Waals surface area (Å²) in [6.07, 6.45) is 1.50. The van der Waals surface area contributed by atoms with E-state index in [0.29, 0.717) is 50.0 Å². The summed E-state index contributed by atoms with van der Waals surface area (Å²) in [5, 5.41) is 14.9. The van der Waals surface area contributed by atoms with E-state index in [-0.39, 0.29) is 28.0 Å². The quantitative estimate of drug-likeness (QED) is 0.510. The first-order valence-corrected chi connectivity index (χ1v) is 12.6. The van der Waals surface area contributed by atoms with Crippen molar-refractivity contribution in [1.29, 1.82) is 0 Å². The van der Waals surface area contributed by atoms with Gasteiger partial charge in [-0.3, -0.25) is 9.59 Å². The van der Waals surface area contributed by atoms with Gasteiger partial charge in [0.25, 0.3) is 11.8 Å². The Morgan fingerprint density at radius 2 is 1.48 bits per heavy atom. The Balaban J connectivity index is 1.52. The van der Waals surface area contributed by atoms with Crippen molar-refractivity contribution in [3.8, 4) is 5.75 Å². The molecule has 1 heterocycles. The third-order valence-corrected chi connectivity index (χ3v) is 7.43. The topological polar surface area (TPSA) is 116 Å². The summed E-state index contributed by atoms with van der Waals surface area (Å²) in [6, 6.07) is 12.1. The summed E-state index contributed by atoms with van der Waals surface area (Å²) in [5.74, 6) is -0.0714. The van der Waals surface area contributed by atoms with Crippen molar-refractivity contribution in [2.45, 2.75) is 31.6 Å². The molecule has 1 fully saturated rings. The summed E-state index contributed by atoms with van der Waals surface area (Å²) < 4.78 is 27.7. The first-order chi connectivity index (χ1) is 15.7. The van der Waals surface area contributed by atoms with Gasteiger partial charge >= 0.3 is 0 Å². The Labute approximate surface area is 195 Å². The van der Waals surface area contributed by atoms with Crippen LogP contribution in [0.15, 0.2) is 53.4 Å². The molecule has 1 aliphatic rings. The van der Waals surface area contributed by atoms with Crippen LogP contribution in [0.25, 0.3) is 0 Å². The largest absolute Gasteiger partial charge is 0.508 e. The van der Waals surface area contributed by atoms with Crippen LogP contribution < -0.4 is 10.6 Å². The highest BCUT2D eigenvalue weighted by molar-refractivity contribution is 7.89. The van der Waals surface area contributed by atoms with Crippen LogP contribution >= 0.6 is 0 Å². The number of benzene rings is 2. The van der Waals surface area contributed by atoms with Gasteiger partial charge in [0.05, 0.1) is 4.90 Å². The maximum atomic E-state index is 13.1. The first-order valence-electron chi connectivity index (χ1n) is 11.1. The van der Waals surface area contributed by atoms with Crippen molar-refractivity contribution in [2.24, 2.45) is 11.8 Å². The number of carbonyl (C=O) groups excluding carboxylic acids is 2. The Kier molecular flexibility index (Phi) is 8.10. The minimum atomic E-state index is -3.66. The molecule has 2 amide bonds. The highest BCUT2D eigenvalue weighted by Crippen LogP contribution is 2.27. The van der Waals surface area contributed by atoms with Crippen molar-refractivity contribution in [1.82, 2.24) is 14.9 Å². The van der Waals surface area contributed by atoms with Gasteiger partial charge in [-0.1, -0.05) is 26.0 Å². The fourth-order valence-corrected chi connectivity index (χ4v) is 5.82. The van der Waals surface area contributed by atoms with Crippen LogP contribution in [0.4, 0.5) is 0 Å². The van der Waals surface area contributed by atoms with Crippen molar-refractivity contribution in [3.05, 3.63) is 59.7 Å². The number of sulfonamides is 1. The minimum Gasteiger partial charge on any atom is -0.508 e. The number of phenolic OH excluding ortho intramolecular Hbond substituents is 1. The molecule has 178 valence electrons. The number of amides is 2. The number of hydrogen-bond acceptors (Lipinski definition) is 5. The molecule has 2 atom stereocenters. The van der Waals surface area contributed by atoms with Crippen LogP contribution in [0.3, 0.4) is 0 Å². The van der Waals surface area contributed by atoms with Gasteiger partial charge in [-0.05, 0) is 61.1 Å². The SMILES string of the molecule is CC1CC(C)CN(S(=O)(=O)c2cccc(C(=O)NCCCNC(=O)c3cccc(O)c3)c2)C1. The summed E-state index contributed by atoms with van der Waals surface area (Å²) in [6.45, 7) is 5.73. The number of rotatable bonds is 8. The average molecular weight is 474 g/mol. The van der Waals surface area contributed by atoms with Gasteiger partial charge in [-0.2, -0.15) is 4.31 Å². The number of hydrogen-bond donors (Lipinski definition) is 3. The fourth-order valence-electron chi connectivity index (χ4n) is 4.09. The van der Waals surface area contributed by atoms with E-state index in [2.05, 4.69) is 10.6 Å². The summed E-state index contributed by atoms with van der Waals surface area (Å²) >= 11 is 0. The molecule has 2 aromatic rings. The third-order valence-electron chi connectivity index (χ3n) is 5.60. The van der Waals surface area contributed by atoms with E-state index in [1.165, 1.54) is 28.6 Å². The van der Waals surface area contributed by atoms with Crippen molar-refractivity contribution < 1.29 is 23.1 Å². The van der Waals surface area contributed by atoms with Crippen LogP contribution in [-0.4, -0.2) is 55.8 Å². The van der Waals surface area contributed by atoms with Gasteiger partial charge in [0, 0.05) is 37.3 Å². The maximum Gasteiger partial charge on any atom is 0.251 e. The van der Waals surface area contributed by atoms with E-state index < -0.39 is 10.0 Å². The lowest BCUT2D eigenvalue weighted by Gasteiger charge is -2.34. The van der Waals surface area contributed by atoms with Crippen molar-refractivity contribution in [3.63, 3.8) is 0 Å². The van der Waals surface area contributed by atoms with Crippen LogP contribution in [0.5, 0.6) is 5.75 Å². The van der Waals surface area contributed by atoms with E-state index >= 15 is 0 Å². The molecule has 3 rings (SSSR count). The first kappa shape index (κ1) is 24.7. The van der Waals surface area contributed by atoms with E-state index in [1.54, 1.807) is 24.3 Å². The highest BCUT2D eigenvalue weighted by atomic mass is 32.2. The van der Waals surface area contributed by atoms with Gasteiger partial charge in [-0.15, -0.1) is 0 Å². The Morgan fingerprint density at radius 1 is 0.939 bits per heavy atom. The minimum absolute atomic E-state index is 0.0171. The van der Waals surface area contributed by atoms with Gasteiger partial charge < -0.3 is 15.7 Å². The second-order valence-electron chi connectivity index (χ2n) is 8.71. The lowest BCUT2D eigenvalue weighted by atomic mass is 9.94. The fraction of sp³-hybridized carbons (Fsp3) is 0.417. The maximum absolute atomic E-state index is 13.1. The van der Waals surface area contributed by atoms with Crippen LogP contribution in [-0.2, 0) is 10.0 Å². The molecular formula is C24H31N3O5S. The van der Waals surface area contributed by atoms with E-state index in [4.69, 9.17) is 0 Å². The molecule has 3 N–H and O–H groups in total. The Hall–Kier alpha value is -2.91. The molecule has 2 unspecified atom stereocenters. The smallest absolute Gasteiger partial charge is 0.251 e. The number of aromatic hydroxyl groups is 1. The number of piperidine rings is 1. The second-order valence-corrected chi connectivity index (χ2v) is 10.6. The lowest BCUT2D eigenvalue weighted by Crippen LogP contribution is -2.42. The molecule has 2 aromatic carbocycles. The van der Waals surface area contributed by atoms with Gasteiger partial charge in [0.2, 0.25) is 10.0 Å². The Morgan fingerprint density at radius 3 is 2.06 bits per heavy atom. The number of phenols is 1. The summed E-state index contributed by atoms with van der Waals surface area (Å²) in [4.78, 5) is 24.7. The molecule has 0 aliphatic carbocycles. The molecule has 8 nitrogen and oxygen atoms in total. The normalized spacial score (nSPS) is 19.1. The molecule has 0 aromatic heterocycles. The highest BCUT2D eigenvalue weighted by Gasteiger charge is 2.31. The van der Waals surface area contributed by atoms with E-state index in [1.807, 2.05) is 13.8 Å². The van der Waals surface area contributed by atoms with Crippen LogP contribution in [0, 0.1) is 11.8 Å². The zero-order valence-electron chi connectivity index (χ0n) is 19.0. The average Bonchev–Trinajstić information content (AvgIpc) is 2.78. The van der Waals surface area contributed by atoms with E-state index in [0.717, 1.165) is 6.42 Å². The van der Waals surface area contributed by atoms with Gasteiger partial charge in [0.1, 0.15) is 5.75 Å². The molecule has 1 aliphatic heterocycles. The Bertz CT molecular complexity index is 1090. The van der Waals surface area contributed by atoms with Crippen LogP contribution in [0.2, 0.25) is 0 Å². The molecule has 0 saturated carbocycles. The standard InChI is InChI=1S/C24H31N3O5S/c1-17-12-18(2)16-27(15-17)33(31,32)22-9-4-7-20(14-22)24(30)26-11-5-10-25-23(29)19-6-3-8-21(28)13-19/h3-4,6-9,13-14,17-18,28H,5,10-12,15-16H2,1-2H3,(H,25,29)(H,26,30). The predicted molar refractivity (Wildman–Crippen MR) is 126 cm³/mol. The van der Waals surface area contributed by atoms with Crippen LogP contribution in [0.1, 0.15) is 47.4 Å². The molecule has 0 bridgehead atoms. The monoisotopic (exact) mass is 473 g/mol. The molecular weight excluding hydrogens is 442 g/mol. The number of carbonyl (C=O) groups is 2. The summed E-state index contributed by atoms with van der Waals surface area (Å²) in [7, 11) is -3.66. The van der Waals surface area contributed by atoms with Gasteiger partial charge in [0.15, 0.2) is 0 Å². The van der Waals surface area contributed by atoms with Gasteiger partial charge in [-0.25, -0.2) is 8.42 Å². The molecule has 33 heavy (non-hydrogen) atoms. The van der Waals surface area contributed by atoms with Crippen molar-refractivity contribution in [2.75, 3.05) is 26.2 Å². The molecule has 9 heteroatoms. The predicted octanol–water partition coefficient (Wildman–Crippen LogP) is 2.61. The number of nitrogens with zero attached hydrogens (tertiary/aromatic N) is 1. The molecule has 0 radical (unpaired) electrons. The molecule has 1 saturated heterocycles. The van der Waals surface area contributed by atoms with E-state index in [9.17, 15) is 23.1 Å². The molecule has 0 spiro atoms. The summed E-state index contributed by atoms with van der Waals surface area (Å²) in [5.41, 5.74) is 0.632.